The first-order valence-corrected chi connectivity index (χ1v) is 17.5. The monoisotopic (exact) mass is 590 g/mol. The Morgan fingerprint density at radius 3 is 2.15 bits per heavy atom. The highest BCUT2D eigenvalue weighted by atomic mass is 32.3. The second kappa shape index (κ2) is 10.6. The molecule has 226 valence electrons. The summed E-state index contributed by atoms with van der Waals surface area (Å²) in [5, 5.41) is 0. The van der Waals surface area contributed by atoms with Crippen LogP contribution in [0.25, 0.3) is 0 Å². The third-order valence-electron chi connectivity index (χ3n) is 11.9. The lowest BCUT2D eigenvalue weighted by atomic mass is 9.46. The van der Waals surface area contributed by atoms with Crippen molar-refractivity contribution in [3.63, 3.8) is 0 Å². The van der Waals surface area contributed by atoms with E-state index in [0.29, 0.717) is 40.9 Å². The summed E-state index contributed by atoms with van der Waals surface area (Å²) in [6.07, 6.45) is 8.14. The van der Waals surface area contributed by atoms with E-state index in [9.17, 15) is 25.9 Å². The Bertz CT molecular complexity index is 1160. The molecule has 8 nitrogen and oxygen atoms in total. The van der Waals surface area contributed by atoms with Crippen molar-refractivity contribution in [2.75, 3.05) is 0 Å². The molecule has 0 aromatic heterocycles. The Balaban J connectivity index is 1.55. The molecular formula is C29H50O8S2. The lowest BCUT2D eigenvalue weighted by molar-refractivity contribution is -0.0795. The van der Waals surface area contributed by atoms with Crippen molar-refractivity contribution in [3.8, 4) is 0 Å². The van der Waals surface area contributed by atoms with Gasteiger partial charge in [-0.1, -0.05) is 66.5 Å². The summed E-state index contributed by atoms with van der Waals surface area (Å²) in [5.74, 6) is 3.42. The van der Waals surface area contributed by atoms with Crippen LogP contribution < -0.4 is 0 Å². The van der Waals surface area contributed by atoms with Gasteiger partial charge in [-0.2, -0.15) is 16.8 Å². The van der Waals surface area contributed by atoms with E-state index in [0.717, 1.165) is 24.8 Å². The van der Waals surface area contributed by atoms with Crippen LogP contribution >= 0.6 is 0 Å². The molecule has 0 saturated heterocycles. The second-order valence-corrected chi connectivity index (χ2v) is 16.9. The minimum Gasteiger partial charge on any atom is -0.264 e. The second-order valence-electron chi connectivity index (χ2n) is 14.8. The van der Waals surface area contributed by atoms with E-state index in [1.54, 1.807) is 0 Å². The fourth-order valence-corrected chi connectivity index (χ4v) is 10.3. The zero-order valence-electron chi connectivity index (χ0n) is 24.7. The summed E-state index contributed by atoms with van der Waals surface area (Å²) in [5.41, 5.74) is 1.24. The largest absolute Gasteiger partial charge is 0.397 e. The summed E-state index contributed by atoms with van der Waals surface area (Å²) >= 11 is 0. The van der Waals surface area contributed by atoms with Gasteiger partial charge in [-0.25, -0.2) is 8.37 Å². The van der Waals surface area contributed by atoms with Crippen LogP contribution in [-0.4, -0.2) is 38.1 Å². The summed E-state index contributed by atoms with van der Waals surface area (Å²) < 4.78 is 74.8. The van der Waals surface area contributed by atoms with E-state index in [4.69, 9.17) is 8.37 Å². The average Bonchev–Trinajstić information content (AvgIpc) is 3.12. The fourth-order valence-electron chi connectivity index (χ4n) is 9.28. The first-order chi connectivity index (χ1) is 17.7. The zero-order chi connectivity index (χ0) is 29.2. The molecule has 0 bridgehead atoms. The van der Waals surface area contributed by atoms with E-state index in [-0.39, 0.29) is 18.3 Å². The predicted octanol–water partition coefficient (Wildman–Crippen LogP) is 6.65. The number of fused-ring (bicyclic) bond motifs is 5. The Labute approximate surface area is 236 Å². The van der Waals surface area contributed by atoms with Crippen LogP contribution in [0.2, 0.25) is 0 Å². The lowest BCUT2D eigenvalue weighted by Gasteiger charge is -2.59. The van der Waals surface area contributed by atoms with Gasteiger partial charge in [0.2, 0.25) is 0 Å². The quantitative estimate of drug-likeness (QED) is 0.238. The zero-order valence-corrected chi connectivity index (χ0v) is 26.4. The summed E-state index contributed by atoms with van der Waals surface area (Å²) in [6.45, 7) is 16.5. The highest BCUT2D eigenvalue weighted by Crippen LogP contribution is 2.67. The van der Waals surface area contributed by atoms with Crippen molar-refractivity contribution in [3.05, 3.63) is 11.6 Å². The van der Waals surface area contributed by atoms with Crippen molar-refractivity contribution in [2.45, 2.75) is 118 Å². The normalized spacial score (nSPS) is 40.7. The van der Waals surface area contributed by atoms with Gasteiger partial charge in [0.25, 0.3) is 0 Å². The van der Waals surface area contributed by atoms with Crippen LogP contribution in [0.15, 0.2) is 11.6 Å². The fraction of sp³-hybridized carbons (Fsp3) is 0.931. The van der Waals surface area contributed by atoms with Crippen molar-refractivity contribution >= 4 is 20.8 Å². The minimum absolute atomic E-state index is 0.132. The SMILES string of the molecule is CC(CCC(C)C(C)(C)C)C1CCC2C3CC=C4CC(OS(=O)(=O)O)C(OS(=O)(=O)O)CC4(C)C3CCC12C. The van der Waals surface area contributed by atoms with Crippen molar-refractivity contribution in [2.24, 2.45) is 51.8 Å². The van der Waals surface area contributed by atoms with E-state index in [2.05, 4.69) is 54.5 Å². The maximum absolute atomic E-state index is 11.7. The molecule has 39 heavy (non-hydrogen) atoms. The predicted molar refractivity (Wildman–Crippen MR) is 150 cm³/mol. The van der Waals surface area contributed by atoms with Crippen molar-refractivity contribution < 1.29 is 34.3 Å². The highest BCUT2D eigenvalue weighted by molar-refractivity contribution is 7.81. The van der Waals surface area contributed by atoms with Crippen molar-refractivity contribution in [1.82, 2.24) is 0 Å². The molecule has 3 fully saturated rings. The molecule has 0 amide bonds. The van der Waals surface area contributed by atoms with Gasteiger partial charge < -0.3 is 0 Å². The molecule has 4 aliphatic rings. The smallest absolute Gasteiger partial charge is 0.264 e. The molecule has 10 unspecified atom stereocenters. The van der Waals surface area contributed by atoms with E-state index < -0.39 is 38.4 Å². The highest BCUT2D eigenvalue weighted by Gasteiger charge is 2.60. The Kier molecular flexibility index (Phi) is 8.57. The van der Waals surface area contributed by atoms with Crippen LogP contribution in [0.3, 0.4) is 0 Å². The van der Waals surface area contributed by atoms with Gasteiger partial charge >= 0.3 is 20.8 Å². The summed E-state index contributed by atoms with van der Waals surface area (Å²) in [4.78, 5) is 0. The molecular weight excluding hydrogens is 540 g/mol. The number of rotatable bonds is 8. The summed E-state index contributed by atoms with van der Waals surface area (Å²) in [6, 6.07) is 0. The maximum Gasteiger partial charge on any atom is 0.397 e. The van der Waals surface area contributed by atoms with Gasteiger partial charge in [0.05, 0.1) is 0 Å². The topological polar surface area (TPSA) is 127 Å². The maximum atomic E-state index is 11.7. The molecule has 0 radical (unpaired) electrons. The molecule has 3 saturated carbocycles. The summed E-state index contributed by atoms with van der Waals surface area (Å²) in [7, 11) is -9.67. The Morgan fingerprint density at radius 1 is 0.949 bits per heavy atom. The molecule has 0 heterocycles. The third kappa shape index (κ3) is 6.46. The van der Waals surface area contributed by atoms with E-state index >= 15 is 0 Å². The van der Waals surface area contributed by atoms with Crippen LogP contribution in [0.4, 0.5) is 0 Å². The van der Waals surface area contributed by atoms with Crippen LogP contribution in [-0.2, 0) is 29.2 Å². The molecule has 4 rings (SSSR count). The number of allylic oxidation sites excluding steroid dienone is 1. The molecule has 0 spiro atoms. The average molecular weight is 591 g/mol. The third-order valence-corrected chi connectivity index (χ3v) is 12.9. The van der Waals surface area contributed by atoms with Crippen LogP contribution in [0, 0.1) is 51.8 Å². The van der Waals surface area contributed by atoms with Gasteiger partial charge in [0, 0.05) is 0 Å². The first-order valence-electron chi connectivity index (χ1n) is 14.8. The van der Waals surface area contributed by atoms with Crippen LogP contribution in [0.5, 0.6) is 0 Å². The lowest BCUT2D eigenvalue weighted by Crippen LogP contribution is -2.54. The Morgan fingerprint density at radius 2 is 1.56 bits per heavy atom. The molecule has 0 aliphatic heterocycles. The minimum atomic E-state index is -4.84. The standard InChI is InChI=1S/C29H50O8S2/c1-18(8-9-19(2)27(3,4)5)22-12-13-23-21-11-10-20-16-25(36-38(30,31)32)26(37-39(33,34)35)17-29(20,7)24(21)14-15-28(22,23)6/h10,18-19,21-26H,8-9,11-17H2,1-7H3,(H,30,31,32)(H,33,34,35). The number of hydrogen-bond donors (Lipinski definition) is 2. The molecule has 2 N–H and O–H groups in total. The number of hydrogen-bond acceptors (Lipinski definition) is 6. The molecule has 0 aromatic carbocycles. The molecule has 4 aliphatic carbocycles. The van der Waals surface area contributed by atoms with Gasteiger partial charge in [0.1, 0.15) is 12.2 Å². The van der Waals surface area contributed by atoms with Gasteiger partial charge in [0.15, 0.2) is 0 Å². The molecule has 0 aromatic rings. The van der Waals surface area contributed by atoms with E-state index in [1.807, 2.05) is 0 Å². The first kappa shape index (κ1) is 31.4. The van der Waals surface area contributed by atoms with Gasteiger partial charge in [-0.05, 0) is 103 Å². The van der Waals surface area contributed by atoms with Crippen LogP contribution in [0.1, 0.15) is 106 Å². The van der Waals surface area contributed by atoms with Gasteiger partial charge in [-0.3, -0.25) is 9.11 Å². The van der Waals surface area contributed by atoms with Gasteiger partial charge in [-0.15, -0.1) is 0 Å². The van der Waals surface area contributed by atoms with Crippen molar-refractivity contribution in [1.29, 1.82) is 0 Å². The molecule has 10 atom stereocenters. The van der Waals surface area contributed by atoms with E-state index in [1.165, 1.54) is 25.7 Å². The molecule has 10 heteroatoms. The Hall–Kier alpha value is -0.520.